The lowest BCUT2D eigenvalue weighted by Crippen LogP contribution is -2.30. The molecule has 17 nitrogen and oxygen atoms in total. The third kappa shape index (κ3) is 67.3. The van der Waals surface area contributed by atoms with Crippen LogP contribution in [-0.2, 0) is 65.4 Å². The summed E-state index contributed by atoms with van der Waals surface area (Å²) in [5, 5.41) is 10.6. The third-order valence-corrected chi connectivity index (χ3v) is 17.9. The molecule has 0 aromatic heterocycles. The molecule has 94 heavy (non-hydrogen) atoms. The Labute approximate surface area is 571 Å². The topological polar surface area (TPSA) is 237 Å². The minimum Gasteiger partial charge on any atom is -0.462 e. The summed E-state index contributed by atoms with van der Waals surface area (Å²) in [5.41, 5.74) is 0. The van der Waals surface area contributed by atoms with Crippen molar-refractivity contribution in [2.75, 3.05) is 39.6 Å². The Balaban J connectivity index is 5.25. The number of ether oxygens (including phenoxy) is 4. The van der Waals surface area contributed by atoms with Crippen molar-refractivity contribution < 1.29 is 80.2 Å². The number of aliphatic hydroxyl groups is 1. The first-order chi connectivity index (χ1) is 45.7. The zero-order valence-corrected chi connectivity index (χ0v) is 61.4. The van der Waals surface area contributed by atoms with Crippen LogP contribution in [0.1, 0.15) is 336 Å². The Morgan fingerprint density at radius 2 is 0.564 bits per heavy atom. The van der Waals surface area contributed by atoms with Gasteiger partial charge in [0.2, 0.25) is 0 Å². The van der Waals surface area contributed by atoms with Crippen LogP contribution in [0.2, 0.25) is 0 Å². The van der Waals surface area contributed by atoms with Gasteiger partial charge in [0.15, 0.2) is 12.2 Å². The van der Waals surface area contributed by atoms with Crippen LogP contribution < -0.4 is 0 Å². The fourth-order valence-corrected chi connectivity index (χ4v) is 11.8. The van der Waals surface area contributed by atoms with E-state index in [4.69, 9.17) is 37.0 Å². The summed E-state index contributed by atoms with van der Waals surface area (Å²) < 4.78 is 68.3. The lowest BCUT2D eigenvalue weighted by Gasteiger charge is -2.21. The summed E-state index contributed by atoms with van der Waals surface area (Å²) in [4.78, 5) is 72.6. The Morgan fingerprint density at radius 3 is 0.894 bits per heavy atom. The first-order valence-electron chi connectivity index (χ1n) is 37.5. The molecule has 0 aromatic rings. The number of hydrogen-bond donors (Lipinski definition) is 3. The van der Waals surface area contributed by atoms with Crippen molar-refractivity contribution in [2.24, 2.45) is 0 Å². The molecule has 19 heteroatoms. The van der Waals surface area contributed by atoms with Crippen molar-refractivity contribution in [3.8, 4) is 0 Å². The van der Waals surface area contributed by atoms with Crippen LogP contribution in [0.5, 0.6) is 0 Å². The van der Waals surface area contributed by atoms with Crippen LogP contribution >= 0.6 is 15.6 Å². The maximum Gasteiger partial charge on any atom is 0.472 e. The SMILES string of the molecule is CC/C=C\C/C=C\C/C=C\C/C=C\CCCCCCCCC(=O)OCC(COP(=O)(O)OCC(O)COP(=O)(O)OCC(COC(=O)CCCCCCCCCCCCCCC)OC(=O)CCCCCCC/C=C\CCCC)OC(=O)CCCCCCCCCCCCC. The monoisotopic (exact) mass is 1370 g/mol. The van der Waals surface area contributed by atoms with Gasteiger partial charge in [-0.05, 0) is 83.5 Å². The molecule has 0 bridgehead atoms. The summed E-state index contributed by atoms with van der Waals surface area (Å²) in [6, 6.07) is 0. The molecule has 0 saturated carbocycles. The van der Waals surface area contributed by atoms with Gasteiger partial charge < -0.3 is 33.8 Å². The Bertz CT molecular complexity index is 2030. The number of rotatable bonds is 71. The van der Waals surface area contributed by atoms with E-state index in [0.29, 0.717) is 25.7 Å². The van der Waals surface area contributed by atoms with E-state index in [2.05, 4.69) is 88.5 Å². The number of allylic oxidation sites excluding steroid dienone is 10. The van der Waals surface area contributed by atoms with E-state index in [9.17, 15) is 43.2 Å². The Hall–Kier alpha value is -3.24. The molecule has 0 aliphatic carbocycles. The van der Waals surface area contributed by atoms with Gasteiger partial charge >= 0.3 is 39.5 Å². The van der Waals surface area contributed by atoms with Crippen molar-refractivity contribution in [1.82, 2.24) is 0 Å². The van der Waals surface area contributed by atoms with Crippen LogP contribution in [0, 0.1) is 0 Å². The fraction of sp³-hybridized carbons (Fsp3) is 0.813. The minimum absolute atomic E-state index is 0.0901. The lowest BCUT2D eigenvalue weighted by molar-refractivity contribution is -0.161. The molecule has 0 radical (unpaired) electrons. The van der Waals surface area contributed by atoms with E-state index in [0.717, 1.165) is 148 Å². The maximum atomic E-state index is 13.0. The van der Waals surface area contributed by atoms with E-state index in [1.165, 1.54) is 109 Å². The van der Waals surface area contributed by atoms with Crippen molar-refractivity contribution in [3.63, 3.8) is 0 Å². The molecular weight excluding hydrogens is 1230 g/mol. The van der Waals surface area contributed by atoms with Crippen molar-refractivity contribution in [3.05, 3.63) is 60.8 Å². The molecule has 0 fully saturated rings. The Morgan fingerprint density at radius 1 is 0.309 bits per heavy atom. The number of phosphoric ester groups is 2. The van der Waals surface area contributed by atoms with Crippen LogP contribution in [0.15, 0.2) is 60.8 Å². The number of aliphatic hydroxyl groups excluding tert-OH is 1. The molecule has 548 valence electrons. The van der Waals surface area contributed by atoms with E-state index in [1.807, 2.05) is 0 Å². The zero-order chi connectivity index (χ0) is 69.0. The van der Waals surface area contributed by atoms with Crippen molar-refractivity contribution >= 4 is 39.5 Å². The van der Waals surface area contributed by atoms with Gasteiger partial charge in [-0.2, -0.15) is 0 Å². The van der Waals surface area contributed by atoms with E-state index < -0.39 is 97.5 Å². The van der Waals surface area contributed by atoms with Crippen LogP contribution in [0.25, 0.3) is 0 Å². The minimum atomic E-state index is -4.96. The predicted octanol–water partition coefficient (Wildman–Crippen LogP) is 21.1. The van der Waals surface area contributed by atoms with Gasteiger partial charge in [-0.3, -0.25) is 37.3 Å². The number of hydrogen-bond acceptors (Lipinski definition) is 15. The lowest BCUT2D eigenvalue weighted by atomic mass is 10.0. The van der Waals surface area contributed by atoms with Crippen LogP contribution in [-0.4, -0.2) is 96.7 Å². The van der Waals surface area contributed by atoms with E-state index in [-0.39, 0.29) is 25.7 Å². The highest BCUT2D eigenvalue weighted by atomic mass is 31.2. The Kier molecular flexibility index (Phi) is 65.9. The van der Waals surface area contributed by atoms with Gasteiger partial charge in [0, 0.05) is 25.7 Å². The van der Waals surface area contributed by atoms with Gasteiger partial charge in [-0.1, -0.05) is 288 Å². The van der Waals surface area contributed by atoms with Gasteiger partial charge in [-0.15, -0.1) is 0 Å². The average Bonchev–Trinajstić information content (AvgIpc) is 1.24. The summed E-state index contributed by atoms with van der Waals surface area (Å²) in [6.07, 6.45) is 65.1. The molecular formula is C75H136O17P2. The van der Waals surface area contributed by atoms with Crippen LogP contribution in [0.4, 0.5) is 0 Å². The number of carbonyl (C=O) groups excluding carboxylic acids is 4. The first-order valence-corrected chi connectivity index (χ1v) is 40.5. The second-order valence-corrected chi connectivity index (χ2v) is 28.1. The molecule has 3 N–H and O–H groups in total. The second-order valence-electron chi connectivity index (χ2n) is 25.2. The summed E-state index contributed by atoms with van der Waals surface area (Å²) in [7, 11) is -9.93. The summed E-state index contributed by atoms with van der Waals surface area (Å²) in [5.74, 6) is -2.17. The highest BCUT2D eigenvalue weighted by Gasteiger charge is 2.30. The standard InChI is InChI=1S/C75H136O17P2/c1-5-9-13-17-21-25-29-31-32-33-34-35-36-38-42-44-48-52-56-60-73(78)86-66-71(92-75(80)62-58-54-50-46-40-28-24-20-16-12-8-4)68-90-94(83,84)88-64-69(76)63-87-93(81,82)89-67-70(91-74(79)61-57-53-49-45-39-27-23-19-15-11-7-3)65-85-72(77)59-55-51-47-43-41-37-30-26-22-18-14-10-6-2/h9,13,19,21,23,25,31-32,34-35,69-71,76H,5-8,10-12,14-18,20,22,24,26-30,33,36-68H2,1-4H3,(H,81,82)(H,83,84)/b13-9-,23-19-,25-21-,32-31-,35-34-. The molecule has 5 unspecified atom stereocenters. The average molecular weight is 1370 g/mol. The molecule has 0 aromatic carbocycles. The van der Waals surface area contributed by atoms with Gasteiger partial charge in [0.05, 0.1) is 26.4 Å². The molecule has 0 amide bonds. The smallest absolute Gasteiger partial charge is 0.462 e. The molecule has 0 spiro atoms. The van der Waals surface area contributed by atoms with Gasteiger partial charge in [0.1, 0.15) is 19.3 Å². The quantitative estimate of drug-likeness (QED) is 0.0169. The highest BCUT2D eigenvalue weighted by Crippen LogP contribution is 2.45. The van der Waals surface area contributed by atoms with Gasteiger partial charge in [-0.25, -0.2) is 9.13 Å². The molecule has 0 rings (SSSR count). The largest absolute Gasteiger partial charge is 0.472 e. The molecule has 0 aliphatic heterocycles. The molecule has 0 heterocycles. The maximum absolute atomic E-state index is 13.0. The number of unbranched alkanes of at least 4 members (excludes halogenated alkanes) is 35. The second kappa shape index (κ2) is 68.3. The normalized spacial score (nSPS) is 14.3. The van der Waals surface area contributed by atoms with E-state index >= 15 is 0 Å². The van der Waals surface area contributed by atoms with E-state index in [1.54, 1.807) is 0 Å². The summed E-state index contributed by atoms with van der Waals surface area (Å²) >= 11 is 0. The first kappa shape index (κ1) is 90.8. The van der Waals surface area contributed by atoms with Crippen LogP contribution in [0.3, 0.4) is 0 Å². The number of carbonyl (C=O) groups is 4. The van der Waals surface area contributed by atoms with Crippen molar-refractivity contribution in [2.45, 2.75) is 354 Å². The van der Waals surface area contributed by atoms with Gasteiger partial charge in [0.25, 0.3) is 0 Å². The third-order valence-electron chi connectivity index (χ3n) is 16.0. The number of phosphoric acid groups is 2. The predicted molar refractivity (Wildman–Crippen MR) is 381 cm³/mol. The molecule has 5 atom stereocenters. The van der Waals surface area contributed by atoms with Crippen molar-refractivity contribution in [1.29, 1.82) is 0 Å². The fourth-order valence-electron chi connectivity index (χ4n) is 10.3. The molecule has 0 saturated heterocycles. The molecule has 0 aliphatic rings. The number of esters is 4. The summed E-state index contributed by atoms with van der Waals surface area (Å²) in [6.45, 7) is 4.73. The zero-order valence-electron chi connectivity index (χ0n) is 59.6. The highest BCUT2D eigenvalue weighted by molar-refractivity contribution is 7.47.